The third kappa shape index (κ3) is 8.07. The van der Waals surface area contributed by atoms with E-state index in [1.165, 1.54) is 0 Å². The fourth-order valence-electron chi connectivity index (χ4n) is 2.12. The Bertz CT molecular complexity index is 305. The fraction of sp³-hybridized carbons (Fsp3) is 0.867. The van der Waals surface area contributed by atoms with Crippen LogP contribution < -0.4 is 0 Å². The van der Waals surface area contributed by atoms with E-state index in [4.69, 9.17) is 0 Å². The fourth-order valence-corrected chi connectivity index (χ4v) is 2.12. The molecular weight excluding hydrogens is 278 g/mol. The Morgan fingerprint density at radius 3 is 1.05 bits per heavy atom. The van der Waals surface area contributed by atoms with Crippen molar-refractivity contribution in [2.24, 2.45) is 9.98 Å². The van der Waals surface area contributed by atoms with E-state index in [0.717, 1.165) is 38.1 Å². The molecule has 130 valence electrons. The summed E-state index contributed by atoms with van der Waals surface area (Å²) in [6.07, 6.45) is 0. The van der Waals surface area contributed by atoms with Crippen LogP contribution in [0.15, 0.2) is 9.98 Å². The van der Waals surface area contributed by atoms with Crippen molar-refractivity contribution in [2.75, 3.05) is 89.6 Å². The molecule has 0 amide bonds. The van der Waals surface area contributed by atoms with Crippen molar-refractivity contribution >= 4 is 11.9 Å². The largest absolute Gasteiger partial charge is 0.349 e. The lowest BCUT2D eigenvalue weighted by Crippen LogP contribution is -2.37. The van der Waals surface area contributed by atoms with E-state index in [-0.39, 0.29) is 0 Å². The van der Waals surface area contributed by atoms with Crippen LogP contribution in [0.3, 0.4) is 0 Å². The van der Waals surface area contributed by atoms with E-state index in [2.05, 4.69) is 21.9 Å². The van der Waals surface area contributed by atoms with Crippen LogP contribution in [-0.2, 0) is 0 Å². The molecule has 7 nitrogen and oxygen atoms in total. The number of hydrogen-bond donors (Lipinski definition) is 0. The Morgan fingerprint density at radius 2 is 0.818 bits per heavy atom. The van der Waals surface area contributed by atoms with Gasteiger partial charge in [0.15, 0.2) is 11.9 Å². The zero-order valence-electron chi connectivity index (χ0n) is 16.0. The Labute approximate surface area is 136 Å². The predicted octanol–water partition coefficient (Wildman–Crippen LogP) is -0.123. The molecule has 0 bridgehead atoms. The summed E-state index contributed by atoms with van der Waals surface area (Å²) in [5.74, 6) is 1.99. The van der Waals surface area contributed by atoms with Crippen LogP contribution >= 0.6 is 0 Å². The third-order valence-corrected chi connectivity index (χ3v) is 3.07. The van der Waals surface area contributed by atoms with Crippen molar-refractivity contribution in [1.82, 2.24) is 24.5 Å². The smallest absolute Gasteiger partial charge is 0.195 e. The molecule has 0 rings (SSSR count). The Hall–Kier alpha value is -1.50. The molecule has 0 aromatic heterocycles. The molecule has 0 aromatic rings. The molecule has 0 unspecified atom stereocenters. The first-order valence-electron chi connectivity index (χ1n) is 7.63. The van der Waals surface area contributed by atoms with E-state index >= 15 is 0 Å². The maximum absolute atomic E-state index is 4.64. The number of rotatable bonds is 6. The van der Waals surface area contributed by atoms with E-state index < -0.39 is 0 Å². The van der Waals surface area contributed by atoms with Crippen molar-refractivity contribution < 1.29 is 0 Å². The molecule has 0 radical (unpaired) electrons. The summed E-state index contributed by atoms with van der Waals surface area (Å²) in [5, 5.41) is 0. The average molecular weight is 313 g/mol. The van der Waals surface area contributed by atoms with E-state index in [1.54, 1.807) is 0 Å². The molecule has 0 saturated heterocycles. The van der Waals surface area contributed by atoms with Crippen molar-refractivity contribution in [2.45, 2.75) is 0 Å². The second-order valence-corrected chi connectivity index (χ2v) is 6.24. The summed E-state index contributed by atoms with van der Waals surface area (Å²) in [5.41, 5.74) is 0. The van der Waals surface area contributed by atoms with Crippen molar-refractivity contribution in [3.05, 3.63) is 0 Å². The van der Waals surface area contributed by atoms with E-state index in [0.29, 0.717) is 0 Å². The summed E-state index contributed by atoms with van der Waals surface area (Å²) in [4.78, 5) is 19.7. The summed E-state index contributed by atoms with van der Waals surface area (Å²) in [6.45, 7) is 3.44. The van der Waals surface area contributed by atoms with Gasteiger partial charge in [0.05, 0.1) is 13.1 Å². The average Bonchev–Trinajstić information content (AvgIpc) is 2.37. The minimum absolute atomic E-state index is 0.792. The number of guanidine groups is 2. The number of aliphatic imine (C=N–C) groups is 2. The van der Waals surface area contributed by atoms with Gasteiger partial charge >= 0.3 is 0 Å². The van der Waals surface area contributed by atoms with Gasteiger partial charge < -0.3 is 24.5 Å². The highest BCUT2D eigenvalue weighted by Crippen LogP contribution is 1.92. The molecule has 0 saturated carbocycles. The number of nitrogens with zero attached hydrogens (tertiary/aromatic N) is 7. The standard InChI is InChI=1S/C15H35N7/c1-18(2)14(19(3)4)16-10-12-22(9)13-11-17-15(20(5)6)21(7)8/h10-13H2,1-9H3. The Balaban J connectivity index is 4.28. The summed E-state index contributed by atoms with van der Waals surface area (Å²) in [6, 6.07) is 0. The van der Waals surface area contributed by atoms with Crippen LogP contribution in [0, 0.1) is 0 Å². The first-order chi connectivity index (χ1) is 10.2. The summed E-state index contributed by atoms with van der Waals surface area (Å²) in [7, 11) is 18.2. The lowest BCUT2D eigenvalue weighted by Gasteiger charge is -2.24. The highest BCUT2D eigenvalue weighted by atomic mass is 15.3. The van der Waals surface area contributed by atoms with Gasteiger partial charge in [-0.1, -0.05) is 0 Å². The maximum Gasteiger partial charge on any atom is 0.195 e. The van der Waals surface area contributed by atoms with Crippen LogP contribution in [0.2, 0.25) is 0 Å². The zero-order chi connectivity index (χ0) is 17.3. The summed E-state index contributed by atoms with van der Waals surface area (Å²) < 4.78 is 0. The monoisotopic (exact) mass is 313 g/mol. The van der Waals surface area contributed by atoms with Gasteiger partial charge in [-0.15, -0.1) is 0 Å². The lowest BCUT2D eigenvalue weighted by atomic mass is 10.5. The molecule has 0 aromatic carbocycles. The van der Waals surface area contributed by atoms with E-state index in [1.807, 2.05) is 76.0 Å². The second kappa shape index (κ2) is 10.3. The van der Waals surface area contributed by atoms with Gasteiger partial charge in [-0.05, 0) is 7.05 Å². The van der Waals surface area contributed by atoms with Gasteiger partial charge in [0.25, 0.3) is 0 Å². The normalized spacial score (nSPS) is 10.3. The van der Waals surface area contributed by atoms with Crippen molar-refractivity contribution in [3.8, 4) is 0 Å². The van der Waals surface area contributed by atoms with Gasteiger partial charge in [0, 0.05) is 69.5 Å². The summed E-state index contributed by atoms with van der Waals surface area (Å²) >= 11 is 0. The molecule has 0 N–H and O–H groups in total. The molecule has 0 heterocycles. The quantitative estimate of drug-likeness (QED) is 0.505. The van der Waals surface area contributed by atoms with Gasteiger partial charge in [-0.3, -0.25) is 9.98 Å². The Morgan fingerprint density at radius 1 is 0.545 bits per heavy atom. The molecule has 0 spiro atoms. The number of likely N-dealkylation sites (N-methyl/N-ethyl adjacent to an activating group) is 1. The molecule has 0 aliphatic heterocycles. The molecule has 0 fully saturated rings. The highest BCUT2D eigenvalue weighted by molar-refractivity contribution is 5.79. The predicted molar refractivity (Wildman–Crippen MR) is 96.8 cm³/mol. The van der Waals surface area contributed by atoms with Crippen LogP contribution in [0.1, 0.15) is 0 Å². The number of hydrogen-bond acceptors (Lipinski definition) is 3. The third-order valence-electron chi connectivity index (χ3n) is 3.07. The van der Waals surface area contributed by atoms with Crippen molar-refractivity contribution in [1.29, 1.82) is 0 Å². The van der Waals surface area contributed by atoms with Gasteiger partial charge in [-0.25, -0.2) is 0 Å². The van der Waals surface area contributed by atoms with Crippen LogP contribution in [0.25, 0.3) is 0 Å². The topological polar surface area (TPSA) is 40.9 Å². The SMILES string of the molecule is CN(CCN=C(N(C)C)N(C)C)CCN=C(N(C)C)N(C)C. The molecule has 22 heavy (non-hydrogen) atoms. The van der Waals surface area contributed by atoms with E-state index in [9.17, 15) is 0 Å². The van der Waals surface area contributed by atoms with Crippen molar-refractivity contribution in [3.63, 3.8) is 0 Å². The first-order valence-corrected chi connectivity index (χ1v) is 7.63. The Kier molecular flexibility index (Phi) is 9.56. The maximum atomic E-state index is 4.64. The van der Waals surface area contributed by atoms with Gasteiger partial charge in [-0.2, -0.15) is 0 Å². The zero-order valence-corrected chi connectivity index (χ0v) is 16.0. The molecule has 7 heteroatoms. The van der Waals surface area contributed by atoms with Crippen LogP contribution in [0.5, 0.6) is 0 Å². The van der Waals surface area contributed by atoms with Gasteiger partial charge in [0.2, 0.25) is 0 Å². The molecular formula is C15H35N7. The molecule has 0 aliphatic rings. The molecule has 0 atom stereocenters. The van der Waals surface area contributed by atoms with Crippen LogP contribution in [-0.4, -0.2) is 126 Å². The lowest BCUT2D eigenvalue weighted by molar-refractivity contribution is 0.349. The van der Waals surface area contributed by atoms with Crippen LogP contribution in [0.4, 0.5) is 0 Å². The molecule has 0 aliphatic carbocycles. The minimum Gasteiger partial charge on any atom is -0.349 e. The first kappa shape index (κ1) is 20.5. The second-order valence-electron chi connectivity index (χ2n) is 6.24. The van der Waals surface area contributed by atoms with Gasteiger partial charge in [0.1, 0.15) is 0 Å². The minimum atomic E-state index is 0.792. The highest BCUT2D eigenvalue weighted by Gasteiger charge is 2.05.